The van der Waals surface area contributed by atoms with Crippen molar-refractivity contribution in [1.29, 1.82) is 0 Å². The van der Waals surface area contributed by atoms with Gasteiger partial charge in [0.1, 0.15) is 11.4 Å². The van der Waals surface area contributed by atoms with Crippen LogP contribution in [0.25, 0.3) is 0 Å². The highest BCUT2D eigenvalue weighted by Crippen LogP contribution is 2.29. The first kappa shape index (κ1) is 20.7. The fourth-order valence-corrected chi connectivity index (χ4v) is 3.18. The maximum Gasteiger partial charge on any atom is 0.407 e. The number of likely N-dealkylation sites (tertiary alicyclic amines) is 1. The first-order chi connectivity index (χ1) is 14.0. The lowest BCUT2D eigenvalue weighted by Gasteiger charge is -2.22. The third kappa shape index (κ3) is 5.26. The Morgan fingerprint density at radius 1 is 1.34 bits per heavy atom. The standard InChI is InChI=1S/C19H21ClN4O5/c1-2-28-17(25)12-5-7-14(8-6-12)29-16-15(11-22-18(20)23-16)21-10-13-4-3-9-24(13)19(26)27/h5-8,11,13,21H,2-4,9-10H2,1H3,(H,26,27)/t13-/m0/s1. The molecule has 2 N–H and O–H groups in total. The van der Waals surface area contributed by atoms with Crippen molar-refractivity contribution in [3.63, 3.8) is 0 Å². The second-order valence-corrected chi connectivity index (χ2v) is 6.70. The van der Waals surface area contributed by atoms with Gasteiger partial charge in [0.15, 0.2) is 0 Å². The maximum absolute atomic E-state index is 11.7. The van der Waals surface area contributed by atoms with Crippen molar-refractivity contribution < 1.29 is 24.2 Å². The Morgan fingerprint density at radius 2 is 2.10 bits per heavy atom. The molecule has 1 fully saturated rings. The third-order valence-corrected chi connectivity index (χ3v) is 4.64. The van der Waals surface area contributed by atoms with Crippen LogP contribution >= 0.6 is 11.6 Å². The molecule has 1 aromatic carbocycles. The summed E-state index contributed by atoms with van der Waals surface area (Å²) < 4.78 is 10.7. The van der Waals surface area contributed by atoms with Crippen molar-refractivity contribution in [3.05, 3.63) is 41.3 Å². The zero-order valence-electron chi connectivity index (χ0n) is 15.8. The molecule has 29 heavy (non-hydrogen) atoms. The zero-order valence-corrected chi connectivity index (χ0v) is 16.6. The van der Waals surface area contributed by atoms with Gasteiger partial charge in [0.25, 0.3) is 0 Å². The minimum atomic E-state index is -0.931. The van der Waals surface area contributed by atoms with Crippen molar-refractivity contribution in [2.45, 2.75) is 25.8 Å². The fourth-order valence-electron chi connectivity index (χ4n) is 3.06. The van der Waals surface area contributed by atoms with Crippen molar-refractivity contribution in [2.24, 2.45) is 0 Å². The molecule has 0 aliphatic carbocycles. The molecule has 1 aliphatic rings. The summed E-state index contributed by atoms with van der Waals surface area (Å²) in [4.78, 5) is 32.5. The summed E-state index contributed by atoms with van der Waals surface area (Å²) in [6.07, 6.45) is 2.16. The Balaban J connectivity index is 1.70. The Kier molecular flexibility index (Phi) is 6.71. The van der Waals surface area contributed by atoms with E-state index in [1.165, 1.54) is 11.1 Å². The van der Waals surface area contributed by atoms with Gasteiger partial charge in [0.2, 0.25) is 11.2 Å². The van der Waals surface area contributed by atoms with Gasteiger partial charge >= 0.3 is 12.1 Å². The molecular weight excluding hydrogens is 400 g/mol. The van der Waals surface area contributed by atoms with Gasteiger partial charge in [0.05, 0.1) is 24.4 Å². The van der Waals surface area contributed by atoms with E-state index in [-0.39, 0.29) is 17.2 Å². The number of hydrogen-bond donors (Lipinski definition) is 2. The number of esters is 1. The van der Waals surface area contributed by atoms with Gasteiger partial charge in [-0.3, -0.25) is 0 Å². The van der Waals surface area contributed by atoms with E-state index in [0.29, 0.717) is 36.7 Å². The fraction of sp³-hybridized carbons (Fsp3) is 0.368. The number of amides is 1. The number of hydrogen-bond acceptors (Lipinski definition) is 7. The highest BCUT2D eigenvalue weighted by Gasteiger charge is 2.28. The minimum absolute atomic E-state index is 0.0155. The van der Waals surface area contributed by atoms with Crippen LogP contribution < -0.4 is 10.1 Å². The lowest BCUT2D eigenvalue weighted by molar-refractivity contribution is 0.0526. The number of ether oxygens (including phenoxy) is 2. The number of rotatable bonds is 7. The summed E-state index contributed by atoms with van der Waals surface area (Å²) in [5.74, 6) is 0.240. The number of carbonyl (C=O) groups excluding carboxylic acids is 1. The van der Waals surface area contributed by atoms with Crippen LogP contribution in [0.1, 0.15) is 30.1 Å². The van der Waals surface area contributed by atoms with Crippen molar-refractivity contribution in [2.75, 3.05) is 25.0 Å². The van der Waals surface area contributed by atoms with Crippen LogP contribution in [0.2, 0.25) is 5.28 Å². The largest absolute Gasteiger partial charge is 0.465 e. The molecule has 9 nitrogen and oxygen atoms in total. The number of benzene rings is 1. The number of carboxylic acid groups (broad SMARTS) is 1. The Hall–Kier alpha value is -3.07. The summed E-state index contributed by atoms with van der Waals surface area (Å²) in [5, 5.41) is 12.4. The Morgan fingerprint density at radius 3 is 2.79 bits per heavy atom. The molecule has 1 amide bonds. The van der Waals surface area contributed by atoms with Gasteiger partial charge in [-0.25, -0.2) is 14.6 Å². The maximum atomic E-state index is 11.7. The van der Waals surface area contributed by atoms with Crippen molar-refractivity contribution in [3.8, 4) is 11.6 Å². The third-order valence-electron chi connectivity index (χ3n) is 4.46. The highest BCUT2D eigenvalue weighted by atomic mass is 35.5. The molecule has 0 spiro atoms. The van der Waals surface area contributed by atoms with Crippen molar-refractivity contribution in [1.82, 2.24) is 14.9 Å². The zero-order chi connectivity index (χ0) is 20.8. The summed E-state index contributed by atoms with van der Waals surface area (Å²) in [5.41, 5.74) is 0.898. The first-order valence-electron chi connectivity index (χ1n) is 9.19. The molecule has 2 heterocycles. The molecule has 1 saturated heterocycles. The lowest BCUT2D eigenvalue weighted by Crippen LogP contribution is -2.38. The van der Waals surface area contributed by atoms with Crippen LogP contribution in [0.5, 0.6) is 11.6 Å². The quantitative estimate of drug-likeness (QED) is 0.515. The average molecular weight is 421 g/mol. The Bertz CT molecular complexity index is 877. The van der Waals surface area contributed by atoms with Crippen LogP contribution in [0.4, 0.5) is 10.5 Å². The van der Waals surface area contributed by atoms with Crippen LogP contribution in [-0.2, 0) is 4.74 Å². The van der Waals surface area contributed by atoms with Gasteiger partial charge < -0.3 is 24.8 Å². The summed E-state index contributed by atoms with van der Waals surface area (Å²) >= 11 is 5.90. The van der Waals surface area contributed by atoms with Crippen LogP contribution in [-0.4, -0.2) is 57.8 Å². The van der Waals surface area contributed by atoms with E-state index in [4.69, 9.17) is 21.1 Å². The van der Waals surface area contributed by atoms with Crippen LogP contribution in [0, 0.1) is 0 Å². The second-order valence-electron chi connectivity index (χ2n) is 6.36. The smallest absolute Gasteiger partial charge is 0.407 e. The highest BCUT2D eigenvalue weighted by molar-refractivity contribution is 6.28. The van der Waals surface area contributed by atoms with E-state index in [1.54, 1.807) is 31.2 Å². The monoisotopic (exact) mass is 420 g/mol. The van der Waals surface area contributed by atoms with Crippen molar-refractivity contribution >= 4 is 29.4 Å². The molecule has 154 valence electrons. The molecule has 0 unspecified atom stereocenters. The number of halogens is 1. The van der Waals surface area contributed by atoms with Gasteiger partial charge in [-0.1, -0.05) is 0 Å². The summed E-state index contributed by atoms with van der Waals surface area (Å²) in [7, 11) is 0. The normalized spacial score (nSPS) is 15.8. The van der Waals surface area contributed by atoms with Gasteiger partial charge in [-0.15, -0.1) is 0 Å². The first-order valence-corrected chi connectivity index (χ1v) is 9.56. The molecule has 0 bridgehead atoms. The molecule has 1 aromatic heterocycles. The number of nitrogens with zero attached hydrogens (tertiary/aromatic N) is 3. The number of nitrogens with one attached hydrogen (secondary N) is 1. The summed E-state index contributed by atoms with van der Waals surface area (Å²) in [6.45, 7) is 2.96. The molecular formula is C19H21ClN4O5. The Labute approximate surface area is 172 Å². The molecule has 1 atom stereocenters. The van der Waals surface area contributed by atoms with Crippen LogP contribution in [0.15, 0.2) is 30.5 Å². The molecule has 1 aliphatic heterocycles. The average Bonchev–Trinajstić information content (AvgIpc) is 3.17. The number of aromatic nitrogens is 2. The van der Waals surface area contributed by atoms with E-state index in [9.17, 15) is 14.7 Å². The van der Waals surface area contributed by atoms with Gasteiger partial charge in [-0.2, -0.15) is 4.98 Å². The molecule has 2 aromatic rings. The van der Waals surface area contributed by atoms with Gasteiger partial charge in [-0.05, 0) is 55.6 Å². The van der Waals surface area contributed by atoms with E-state index in [1.807, 2.05) is 0 Å². The second kappa shape index (κ2) is 9.42. The predicted octanol–water partition coefficient (Wildman–Crippen LogP) is 3.65. The molecule has 0 saturated carbocycles. The molecule has 3 rings (SSSR count). The van der Waals surface area contributed by atoms with Crippen LogP contribution in [0.3, 0.4) is 0 Å². The van der Waals surface area contributed by atoms with E-state index < -0.39 is 12.1 Å². The number of carbonyl (C=O) groups is 2. The van der Waals surface area contributed by atoms with E-state index in [2.05, 4.69) is 15.3 Å². The van der Waals surface area contributed by atoms with Gasteiger partial charge in [0, 0.05) is 13.1 Å². The van der Waals surface area contributed by atoms with E-state index in [0.717, 1.165) is 12.8 Å². The predicted molar refractivity (Wildman–Crippen MR) is 106 cm³/mol. The minimum Gasteiger partial charge on any atom is -0.465 e. The number of anilines is 1. The summed E-state index contributed by atoms with van der Waals surface area (Å²) in [6, 6.07) is 6.28. The molecule has 10 heteroatoms. The van der Waals surface area contributed by atoms with E-state index >= 15 is 0 Å². The molecule has 0 radical (unpaired) electrons. The lowest BCUT2D eigenvalue weighted by atomic mass is 10.2. The topological polar surface area (TPSA) is 114 Å². The SMILES string of the molecule is CCOC(=O)c1ccc(Oc2nc(Cl)ncc2NC[C@@H]2CCCN2C(=O)O)cc1.